The predicted octanol–water partition coefficient (Wildman–Crippen LogP) is 0.192. The van der Waals surface area contributed by atoms with Crippen molar-refractivity contribution in [3.05, 3.63) is 0 Å². The normalized spacial score (nSPS) is 14.8. The maximum Gasteiger partial charge on any atom is 0.321 e. The van der Waals surface area contributed by atoms with E-state index in [1.165, 1.54) is 0 Å². The number of rotatable bonds is 8. The maximum absolute atomic E-state index is 10.8. The molecule has 0 aliphatic carbocycles. The fourth-order valence-corrected chi connectivity index (χ4v) is 1.56. The van der Waals surface area contributed by atoms with Crippen LogP contribution in [0.4, 0.5) is 0 Å². The van der Waals surface area contributed by atoms with Crippen LogP contribution in [0.15, 0.2) is 0 Å². The van der Waals surface area contributed by atoms with Crippen LogP contribution in [0.25, 0.3) is 0 Å². The fourth-order valence-electron chi connectivity index (χ4n) is 1.56. The van der Waals surface area contributed by atoms with Crippen molar-refractivity contribution in [2.24, 2.45) is 0 Å². The number of nitrogens with one attached hydrogen (secondary N) is 1. The number of nitrogens with zero attached hydrogens (tertiary/aromatic N) is 1. The SMILES string of the molecule is CCN(CC)C(C)NC(CC(=O)O)C(=O)O. The van der Waals surface area contributed by atoms with Gasteiger partial charge in [-0.2, -0.15) is 0 Å². The van der Waals surface area contributed by atoms with Crippen LogP contribution in [0, 0.1) is 0 Å². The average Bonchev–Trinajstić information content (AvgIpc) is 2.17. The standard InChI is InChI=1S/C10H20N2O4/c1-4-12(5-2)7(3)11-8(10(15)16)6-9(13)14/h7-8,11H,4-6H2,1-3H3,(H,13,14)(H,15,16). The van der Waals surface area contributed by atoms with Crippen LogP contribution in [0.2, 0.25) is 0 Å². The molecule has 0 fully saturated rings. The van der Waals surface area contributed by atoms with E-state index in [1.54, 1.807) is 0 Å². The number of carboxylic acid groups (broad SMARTS) is 2. The number of carbonyl (C=O) groups is 2. The lowest BCUT2D eigenvalue weighted by atomic mass is 10.2. The van der Waals surface area contributed by atoms with Gasteiger partial charge in [-0.3, -0.25) is 19.8 Å². The Morgan fingerprint density at radius 2 is 1.75 bits per heavy atom. The third kappa shape index (κ3) is 5.09. The molecule has 0 bridgehead atoms. The lowest BCUT2D eigenvalue weighted by molar-refractivity contribution is -0.146. The highest BCUT2D eigenvalue weighted by Gasteiger charge is 2.24. The molecule has 0 aliphatic rings. The lowest BCUT2D eigenvalue weighted by Crippen LogP contribution is -2.51. The van der Waals surface area contributed by atoms with E-state index in [9.17, 15) is 9.59 Å². The molecule has 0 spiro atoms. The molecule has 0 rings (SSSR count). The number of carboxylic acids is 2. The van der Waals surface area contributed by atoms with Gasteiger partial charge < -0.3 is 10.2 Å². The van der Waals surface area contributed by atoms with Crippen molar-refractivity contribution in [1.82, 2.24) is 10.2 Å². The van der Waals surface area contributed by atoms with Gasteiger partial charge in [0, 0.05) is 0 Å². The molecule has 6 heteroatoms. The third-order valence-corrected chi connectivity index (χ3v) is 2.48. The van der Waals surface area contributed by atoms with Gasteiger partial charge in [0.25, 0.3) is 0 Å². The summed E-state index contributed by atoms with van der Waals surface area (Å²) in [5.74, 6) is -2.26. The van der Waals surface area contributed by atoms with E-state index in [0.29, 0.717) is 0 Å². The molecular formula is C10H20N2O4. The molecule has 94 valence electrons. The molecule has 0 saturated carbocycles. The Morgan fingerprint density at radius 1 is 1.25 bits per heavy atom. The molecular weight excluding hydrogens is 212 g/mol. The largest absolute Gasteiger partial charge is 0.481 e. The third-order valence-electron chi connectivity index (χ3n) is 2.48. The Labute approximate surface area is 95.2 Å². The molecule has 6 nitrogen and oxygen atoms in total. The minimum Gasteiger partial charge on any atom is -0.481 e. The van der Waals surface area contributed by atoms with Gasteiger partial charge in [0.1, 0.15) is 6.04 Å². The van der Waals surface area contributed by atoms with Crippen LogP contribution >= 0.6 is 0 Å². The van der Waals surface area contributed by atoms with Gasteiger partial charge in [-0.05, 0) is 20.0 Å². The molecule has 0 amide bonds. The van der Waals surface area contributed by atoms with Gasteiger partial charge in [0.2, 0.25) is 0 Å². The molecule has 0 aliphatic heterocycles. The van der Waals surface area contributed by atoms with Crippen molar-refractivity contribution < 1.29 is 19.8 Å². The summed E-state index contributed by atoms with van der Waals surface area (Å²) in [4.78, 5) is 23.3. The monoisotopic (exact) mass is 232 g/mol. The van der Waals surface area contributed by atoms with E-state index in [2.05, 4.69) is 5.32 Å². The Kier molecular flexibility index (Phi) is 6.67. The molecule has 2 unspecified atom stereocenters. The molecule has 3 N–H and O–H groups in total. The molecule has 2 atom stereocenters. The highest BCUT2D eigenvalue weighted by Crippen LogP contribution is 2.00. The summed E-state index contributed by atoms with van der Waals surface area (Å²) < 4.78 is 0. The van der Waals surface area contributed by atoms with Crippen molar-refractivity contribution in [2.45, 2.75) is 39.4 Å². The minimum absolute atomic E-state index is 0.157. The molecule has 0 radical (unpaired) electrons. The maximum atomic E-state index is 10.8. The highest BCUT2D eigenvalue weighted by atomic mass is 16.4. The number of aliphatic carboxylic acids is 2. The van der Waals surface area contributed by atoms with Gasteiger partial charge in [0.15, 0.2) is 0 Å². The van der Waals surface area contributed by atoms with Gasteiger partial charge in [-0.1, -0.05) is 13.8 Å². The summed E-state index contributed by atoms with van der Waals surface area (Å²) in [5, 5.41) is 20.2. The smallest absolute Gasteiger partial charge is 0.321 e. The van der Waals surface area contributed by atoms with Crippen molar-refractivity contribution in [2.75, 3.05) is 13.1 Å². The molecule has 0 aromatic rings. The highest BCUT2D eigenvalue weighted by molar-refractivity contribution is 5.80. The van der Waals surface area contributed by atoms with Gasteiger partial charge >= 0.3 is 11.9 Å². The topological polar surface area (TPSA) is 89.9 Å². The van der Waals surface area contributed by atoms with Gasteiger partial charge in [-0.25, -0.2) is 0 Å². The summed E-state index contributed by atoms with van der Waals surface area (Å²) in [6.45, 7) is 7.32. The summed E-state index contributed by atoms with van der Waals surface area (Å²) in [6.07, 6.45) is -0.573. The summed E-state index contributed by atoms with van der Waals surface area (Å²) >= 11 is 0. The van der Waals surface area contributed by atoms with Crippen LogP contribution in [-0.2, 0) is 9.59 Å². The fraction of sp³-hybridized carbons (Fsp3) is 0.800. The van der Waals surface area contributed by atoms with Crippen LogP contribution in [0.5, 0.6) is 0 Å². The Bertz CT molecular complexity index is 241. The first-order chi connectivity index (χ1) is 7.42. The van der Waals surface area contributed by atoms with Crippen LogP contribution in [-0.4, -0.2) is 52.3 Å². The van der Waals surface area contributed by atoms with Crippen LogP contribution < -0.4 is 5.32 Å². The Hall–Kier alpha value is -1.14. The van der Waals surface area contributed by atoms with E-state index in [-0.39, 0.29) is 6.17 Å². The molecule has 0 heterocycles. The first-order valence-electron chi connectivity index (χ1n) is 5.37. The van der Waals surface area contributed by atoms with Crippen molar-refractivity contribution >= 4 is 11.9 Å². The van der Waals surface area contributed by atoms with E-state index < -0.39 is 24.4 Å². The summed E-state index contributed by atoms with van der Waals surface area (Å²) in [7, 11) is 0. The Balaban J connectivity index is 4.38. The second-order valence-corrected chi connectivity index (χ2v) is 3.55. The zero-order valence-corrected chi connectivity index (χ0v) is 9.93. The van der Waals surface area contributed by atoms with Crippen molar-refractivity contribution in [1.29, 1.82) is 0 Å². The number of hydrogen-bond donors (Lipinski definition) is 3. The van der Waals surface area contributed by atoms with Gasteiger partial charge in [-0.15, -0.1) is 0 Å². The molecule has 0 aromatic heterocycles. The Morgan fingerprint density at radius 3 is 2.06 bits per heavy atom. The predicted molar refractivity (Wildman–Crippen MR) is 59.2 cm³/mol. The quantitative estimate of drug-likeness (QED) is 0.518. The first kappa shape index (κ1) is 14.9. The average molecular weight is 232 g/mol. The van der Waals surface area contributed by atoms with Crippen LogP contribution in [0.1, 0.15) is 27.2 Å². The van der Waals surface area contributed by atoms with E-state index >= 15 is 0 Å². The number of hydrogen-bond acceptors (Lipinski definition) is 4. The van der Waals surface area contributed by atoms with E-state index in [4.69, 9.17) is 10.2 Å². The van der Waals surface area contributed by atoms with E-state index in [0.717, 1.165) is 13.1 Å². The first-order valence-corrected chi connectivity index (χ1v) is 5.37. The van der Waals surface area contributed by atoms with Crippen LogP contribution in [0.3, 0.4) is 0 Å². The zero-order valence-electron chi connectivity index (χ0n) is 9.93. The molecule has 0 saturated heterocycles. The van der Waals surface area contributed by atoms with Gasteiger partial charge in [0.05, 0.1) is 12.6 Å². The summed E-state index contributed by atoms with van der Waals surface area (Å²) in [5.41, 5.74) is 0. The zero-order chi connectivity index (χ0) is 12.7. The molecule has 16 heavy (non-hydrogen) atoms. The second kappa shape index (κ2) is 7.19. The second-order valence-electron chi connectivity index (χ2n) is 3.55. The van der Waals surface area contributed by atoms with E-state index in [1.807, 2.05) is 25.7 Å². The summed E-state index contributed by atoms with van der Waals surface area (Å²) in [6, 6.07) is -1.05. The lowest BCUT2D eigenvalue weighted by Gasteiger charge is -2.29. The van der Waals surface area contributed by atoms with Crippen molar-refractivity contribution in [3.8, 4) is 0 Å². The minimum atomic E-state index is -1.14. The van der Waals surface area contributed by atoms with Crippen molar-refractivity contribution in [3.63, 3.8) is 0 Å². The molecule has 0 aromatic carbocycles.